The predicted octanol–water partition coefficient (Wildman–Crippen LogP) is 4.74. The molecule has 2 aromatic rings. The van der Waals surface area contributed by atoms with Gasteiger partial charge in [0.15, 0.2) is 0 Å². The number of benzene rings is 1. The van der Waals surface area contributed by atoms with Crippen molar-refractivity contribution in [1.29, 1.82) is 0 Å². The van der Waals surface area contributed by atoms with Crippen LogP contribution >= 0.6 is 11.3 Å². The minimum atomic E-state index is -0.194. The average Bonchev–Trinajstić information content (AvgIpc) is 3.34. The summed E-state index contributed by atoms with van der Waals surface area (Å²) in [6, 6.07) is 8.10. The molecule has 0 aliphatic heterocycles. The second-order valence-corrected chi connectivity index (χ2v) is 8.30. The highest BCUT2D eigenvalue weighted by molar-refractivity contribution is 7.15. The molecule has 1 saturated carbocycles. The van der Waals surface area contributed by atoms with Crippen LogP contribution in [0.5, 0.6) is 0 Å². The minimum absolute atomic E-state index is 0.0167. The van der Waals surface area contributed by atoms with Crippen molar-refractivity contribution >= 4 is 22.5 Å². The van der Waals surface area contributed by atoms with E-state index in [0.717, 1.165) is 17.8 Å². The molecule has 1 fully saturated rings. The number of nitrogens with one attached hydrogen (secondary N) is 1. The van der Waals surface area contributed by atoms with Gasteiger partial charge in [-0.25, -0.2) is 4.79 Å². The number of aryl methyl sites for hydroxylation is 1. The van der Waals surface area contributed by atoms with E-state index in [1.54, 1.807) is 4.90 Å². The van der Waals surface area contributed by atoms with Crippen molar-refractivity contribution in [2.24, 2.45) is 0 Å². The molecule has 1 heterocycles. The molecule has 1 aromatic carbocycles. The number of terminal acetylenes is 1. The Morgan fingerprint density at radius 3 is 2.85 bits per heavy atom. The first kappa shape index (κ1) is 18.0. The first-order chi connectivity index (χ1) is 13.3. The Hall–Kier alpha value is -2.39. The van der Waals surface area contributed by atoms with Crippen LogP contribution in [-0.4, -0.2) is 27.7 Å². The Morgan fingerprint density at radius 2 is 2.04 bits per heavy atom. The van der Waals surface area contributed by atoms with Crippen LogP contribution in [0.15, 0.2) is 24.3 Å². The second-order valence-electron chi connectivity index (χ2n) is 7.30. The molecule has 6 heteroatoms. The molecule has 0 bridgehead atoms. The largest absolute Gasteiger partial charge is 0.325 e. The Labute approximate surface area is 164 Å². The zero-order valence-electron chi connectivity index (χ0n) is 15.4. The quantitative estimate of drug-likeness (QED) is 0.780. The van der Waals surface area contributed by atoms with E-state index in [1.165, 1.54) is 54.6 Å². The summed E-state index contributed by atoms with van der Waals surface area (Å²) in [5, 5.41) is 13.1. The van der Waals surface area contributed by atoms with E-state index in [0.29, 0.717) is 11.0 Å². The van der Waals surface area contributed by atoms with E-state index in [-0.39, 0.29) is 18.6 Å². The van der Waals surface area contributed by atoms with Crippen molar-refractivity contribution in [3.05, 3.63) is 40.4 Å². The predicted molar refractivity (Wildman–Crippen MR) is 108 cm³/mol. The summed E-state index contributed by atoms with van der Waals surface area (Å²) in [5.74, 6) is 3.12. The van der Waals surface area contributed by atoms with Crippen molar-refractivity contribution in [1.82, 2.24) is 15.1 Å². The van der Waals surface area contributed by atoms with Crippen LogP contribution < -0.4 is 5.32 Å². The summed E-state index contributed by atoms with van der Waals surface area (Å²) < 4.78 is 0. The van der Waals surface area contributed by atoms with Gasteiger partial charge in [0, 0.05) is 5.92 Å². The molecule has 27 heavy (non-hydrogen) atoms. The number of carbonyl (C=O) groups is 1. The van der Waals surface area contributed by atoms with E-state index in [1.807, 2.05) is 12.1 Å². The summed E-state index contributed by atoms with van der Waals surface area (Å²) >= 11 is 1.50. The number of hydrogen-bond acceptors (Lipinski definition) is 4. The van der Waals surface area contributed by atoms with Crippen molar-refractivity contribution in [3.63, 3.8) is 0 Å². The van der Waals surface area contributed by atoms with Crippen LogP contribution in [0, 0.1) is 12.3 Å². The van der Waals surface area contributed by atoms with E-state index < -0.39 is 0 Å². The molecule has 1 atom stereocenters. The molecule has 140 valence electrons. The average molecular weight is 381 g/mol. The lowest BCUT2D eigenvalue weighted by atomic mass is 9.90. The Bertz CT molecular complexity index is 850. The summed E-state index contributed by atoms with van der Waals surface area (Å²) in [4.78, 5) is 14.7. The van der Waals surface area contributed by atoms with Gasteiger partial charge >= 0.3 is 6.03 Å². The molecule has 0 radical (unpaired) electrons. The summed E-state index contributed by atoms with van der Waals surface area (Å²) in [7, 11) is 0. The number of anilines is 1. The standard InChI is InChI=1S/C21H24N4OS/c1-2-14-25(18-13-12-15-8-6-7-11-17(15)18)21(26)22-20-24-23-19(27-20)16-9-4-3-5-10-16/h1,6-8,11,16,18H,3-5,9-10,12-14H2,(H,22,24,26). The fourth-order valence-corrected chi connectivity index (χ4v) is 5.15. The van der Waals surface area contributed by atoms with Crippen LogP contribution in [0.25, 0.3) is 0 Å². The van der Waals surface area contributed by atoms with Gasteiger partial charge in [-0.1, -0.05) is 60.8 Å². The molecule has 2 aliphatic carbocycles. The second kappa shape index (κ2) is 8.10. The first-order valence-corrected chi connectivity index (χ1v) is 10.5. The number of fused-ring (bicyclic) bond motifs is 1. The van der Waals surface area contributed by atoms with E-state index >= 15 is 0 Å². The van der Waals surface area contributed by atoms with Gasteiger partial charge < -0.3 is 4.90 Å². The molecule has 2 amide bonds. The number of carbonyl (C=O) groups excluding carboxylic acids is 1. The Kier molecular flexibility index (Phi) is 5.40. The number of hydrogen-bond donors (Lipinski definition) is 1. The molecular weight excluding hydrogens is 356 g/mol. The van der Waals surface area contributed by atoms with Crippen LogP contribution in [0.1, 0.15) is 66.6 Å². The molecule has 2 aliphatic rings. The molecule has 1 aromatic heterocycles. The SMILES string of the molecule is C#CCN(C(=O)Nc1nnc(C2CCCCC2)s1)C1CCc2ccccc21. The zero-order chi connectivity index (χ0) is 18.6. The van der Waals surface area contributed by atoms with Crippen molar-refractivity contribution in [2.45, 2.75) is 56.9 Å². The van der Waals surface area contributed by atoms with Gasteiger partial charge in [0.25, 0.3) is 0 Å². The highest BCUT2D eigenvalue weighted by atomic mass is 32.1. The first-order valence-electron chi connectivity index (χ1n) is 9.68. The van der Waals surface area contributed by atoms with Crippen LogP contribution in [-0.2, 0) is 6.42 Å². The number of nitrogens with zero attached hydrogens (tertiary/aromatic N) is 3. The zero-order valence-corrected chi connectivity index (χ0v) is 16.2. The Balaban J connectivity index is 1.47. The van der Waals surface area contributed by atoms with Crippen LogP contribution in [0.3, 0.4) is 0 Å². The highest BCUT2D eigenvalue weighted by Crippen LogP contribution is 2.37. The van der Waals surface area contributed by atoms with Gasteiger partial charge in [0.05, 0.1) is 12.6 Å². The normalized spacial score (nSPS) is 19.3. The lowest BCUT2D eigenvalue weighted by Gasteiger charge is -2.27. The third-order valence-electron chi connectivity index (χ3n) is 5.61. The molecule has 1 N–H and O–H groups in total. The van der Waals surface area contributed by atoms with Gasteiger partial charge in [0.2, 0.25) is 5.13 Å². The summed E-state index contributed by atoms with van der Waals surface area (Å²) in [5.41, 5.74) is 2.50. The summed E-state index contributed by atoms with van der Waals surface area (Å²) in [6.45, 7) is 0.277. The molecule has 1 unspecified atom stereocenters. The molecule has 0 saturated heterocycles. The molecular formula is C21H24N4OS. The fourth-order valence-electron chi connectivity index (χ4n) is 4.24. The van der Waals surface area contributed by atoms with Gasteiger partial charge in [0.1, 0.15) is 5.01 Å². The van der Waals surface area contributed by atoms with Crippen molar-refractivity contribution in [2.75, 3.05) is 11.9 Å². The maximum absolute atomic E-state index is 12.9. The summed E-state index contributed by atoms with van der Waals surface area (Å²) in [6.07, 6.45) is 13.6. The van der Waals surface area contributed by atoms with Gasteiger partial charge in [-0.15, -0.1) is 16.6 Å². The molecule has 0 spiro atoms. The number of aromatic nitrogens is 2. The smallest absolute Gasteiger partial charge is 0.306 e. The lowest BCUT2D eigenvalue weighted by molar-refractivity contribution is 0.197. The number of rotatable bonds is 4. The number of urea groups is 1. The van der Waals surface area contributed by atoms with Gasteiger partial charge in [-0.05, 0) is 36.8 Å². The Morgan fingerprint density at radius 1 is 1.22 bits per heavy atom. The maximum atomic E-state index is 12.9. The van der Waals surface area contributed by atoms with E-state index in [9.17, 15) is 4.79 Å². The van der Waals surface area contributed by atoms with E-state index in [4.69, 9.17) is 6.42 Å². The highest BCUT2D eigenvalue weighted by Gasteiger charge is 2.31. The topological polar surface area (TPSA) is 58.1 Å². The van der Waals surface area contributed by atoms with E-state index in [2.05, 4.69) is 33.6 Å². The number of amides is 2. The van der Waals surface area contributed by atoms with Crippen LogP contribution in [0.2, 0.25) is 0 Å². The third-order valence-corrected chi connectivity index (χ3v) is 6.61. The molecule has 4 rings (SSSR count). The third kappa shape index (κ3) is 3.84. The van der Waals surface area contributed by atoms with Crippen molar-refractivity contribution in [3.8, 4) is 12.3 Å². The minimum Gasteiger partial charge on any atom is -0.306 e. The van der Waals surface area contributed by atoms with Gasteiger partial charge in [-0.3, -0.25) is 5.32 Å². The van der Waals surface area contributed by atoms with Crippen LogP contribution in [0.4, 0.5) is 9.93 Å². The lowest BCUT2D eigenvalue weighted by Crippen LogP contribution is -2.37. The van der Waals surface area contributed by atoms with Gasteiger partial charge in [-0.2, -0.15) is 0 Å². The van der Waals surface area contributed by atoms with Crippen molar-refractivity contribution < 1.29 is 4.79 Å². The fraction of sp³-hybridized carbons (Fsp3) is 0.476. The molecule has 5 nitrogen and oxygen atoms in total. The maximum Gasteiger partial charge on any atom is 0.325 e. The monoisotopic (exact) mass is 380 g/mol.